The third-order valence-corrected chi connectivity index (χ3v) is 6.72. The van der Waals surface area contributed by atoms with E-state index < -0.39 is 0 Å². The number of carbonyl (C=O) groups excluding carboxylic acids is 1. The van der Waals surface area contributed by atoms with E-state index in [4.69, 9.17) is 16.1 Å². The number of carbonyl (C=O) groups is 1. The Labute approximate surface area is 182 Å². The largest absolute Gasteiger partial charge is 0.361 e. The van der Waals surface area contributed by atoms with Gasteiger partial charge in [0.15, 0.2) is 0 Å². The maximum Gasteiger partial charge on any atom is 0.258 e. The predicted octanol–water partition coefficient (Wildman–Crippen LogP) is 4.13. The van der Waals surface area contributed by atoms with Crippen LogP contribution >= 0.6 is 11.6 Å². The number of nitrogens with zero attached hydrogens (tertiary/aromatic N) is 3. The van der Waals surface area contributed by atoms with Crippen molar-refractivity contribution in [3.05, 3.63) is 23.1 Å². The number of hydrogen-bond acceptors (Lipinski definition) is 5. The number of likely N-dealkylation sites (tertiary alicyclic amines) is 1. The Balaban J connectivity index is 1.40. The molecule has 0 radical (unpaired) electrons. The van der Waals surface area contributed by atoms with E-state index in [0.717, 1.165) is 38.9 Å². The Hall–Kier alpha value is -1.86. The van der Waals surface area contributed by atoms with Crippen molar-refractivity contribution in [1.82, 2.24) is 25.6 Å². The van der Waals surface area contributed by atoms with Crippen LogP contribution in [0.25, 0.3) is 11.4 Å². The van der Waals surface area contributed by atoms with Gasteiger partial charge in [0.2, 0.25) is 0 Å². The molecule has 1 aliphatic heterocycles. The number of aryl methyl sites for hydroxylation is 1. The van der Waals surface area contributed by atoms with Crippen LogP contribution in [0.3, 0.4) is 0 Å². The van der Waals surface area contributed by atoms with Gasteiger partial charge in [0.25, 0.3) is 5.91 Å². The average molecular weight is 434 g/mol. The van der Waals surface area contributed by atoms with Gasteiger partial charge in [-0.25, -0.2) is 0 Å². The van der Waals surface area contributed by atoms with Gasteiger partial charge in [0.05, 0.1) is 17.1 Å². The van der Waals surface area contributed by atoms with Crippen molar-refractivity contribution in [3.8, 4) is 11.4 Å². The van der Waals surface area contributed by atoms with E-state index in [9.17, 15) is 4.79 Å². The van der Waals surface area contributed by atoms with Gasteiger partial charge in [-0.05, 0) is 50.0 Å². The van der Waals surface area contributed by atoms with Crippen LogP contribution in [0.5, 0.6) is 0 Å². The molecule has 2 aromatic heterocycles. The summed E-state index contributed by atoms with van der Waals surface area (Å²) in [6.07, 6.45) is 4.52. The molecule has 1 saturated carbocycles. The molecular weight excluding hydrogens is 402 g/mol. The third kappa shape index (κ3) is 4.28. The summed E-state index contributed by atoms with van der Waals surface area (Å²) in [5, 5.41) is 14.9. The van der Waals surface area contributed by atoms with E-state index >= 15 is 0 Å². The quantitative estimate of drug-likeness (QED) is 0.668. The zero-order valence-corrected chi connectivity index (χ0v) is 19.1. The number of rotatable bonds is 6. The van der Waals surface area contributed by atoms with E-state index in [-0.39, 0.29) is 17.2 Å². The maximum absolute atomic E-state index is 13.4. The lowest BCUT2D eigenvalue weighted by Crippen LogP contribution is -2.51. The number of amides is 1. The van der Waals surface area contributed by atoms with Gasteiger partial charge in [-0.15, -0.1) is 11.6 Å². The van der Waals surface area contributed by atoms with Crippen molar-refractivity contribution < 1.29 is 9.32 Å². The summed E-state index contributed by atoms with van der Waals surface area (Å²) < 4.78 is 5.18. The van der Waals surface area contributed by atoms with E-state index in [2.05, 4.69) is 41.4 Å². The number of halogens is 1. The molecule has 0 unspecified atom stereocenters. The smallest absolute Gasteiger partial charge is 0.258 e. The second kappa shape index (κ2) is 8.00. The van der Waals surface area contributed by atoms with Crippen LogP contribution in [0, 0.1) is 17.8 Å². The highest BCUT2D eigenvalue weighted by Gasteiger charge is 2.49. The highest BCUT2D eigenvalue weighted by Crippen LogP contribution is 2.48. The van der Waals surface area contributed by atoms with Gasteiger partial charge in [0.1, 0.15) is 17.1 Å². The van der Waals surface area contributed by atoms with Crippen molar-refractivity contribution >= 4 is 17.5 Å². The van der Waals surface area contributed by atoms with E-state index in [1.54, 1.807) is 6.07 Å². The van der Waals surface area contributed by atoms with Gasteiger partial charge in [-0.3, -0.25) is 9.89 Å². The third-order valence-electron chi connectivity index (χ3n) is 6.45. The standard InChI is InChI=1S/C22H32ClN5O2/c1-14-9-16(27-30-14)19-18(17(12-23)25-26-19)20(29)28-8-6-22(13-28)10-15(11-22)24-7-5-21(2,3)4/h9,15,24H,5-8,10-13H2,1-4H3,(H,25,26). The second-order valence-electron chi connectivity index (χ2n) is 10.2. The van der Waals surface area contributed by atoms with Gasteiger partial charge in [-0.2, -0.15) is 5.10 Å². The first-order valence-electron chi connectivity index (χ1n) is 10.8. The first-order chi connectivity index (χ1) is 14.2. The molecule has 2 N–H and O–H groups in total. The Morgan fingerprint density at radius 2 is 2.20 bits per heavy atom. The minimum absolute atomic E-state index is 0.0175. The van der Waals surface area contributed by atoms with Gasteiger partial charge < -0.3 is 14.7 Å². The lowest BCUT2D eigenvalue weighted by Gasteiger charge is -2.46. The Bertz CT molecular complexity index is 907. The van der Waals surface area contributed by atoms with Crippen LogP contribution in [0.15, 0.2) is 10.6 Å². The molecule has 4 rings (SSSR count). The predicted molar refractivity (Wildman–Crippen MR) is 116 cm³/mol. The van der Waals surface area contributed by atoms with Crippen LogP contribution in [0.2, 0.25) is 0 Å². The molecule has 8 heteroatoms. The molecule has 1 saturated heterocycles. The number of aromatic amines is 1. The minimum atomic E-state index is -0.0175. The zero-order valence-electron chi connectivity index (χ0n) is 18.3. The fourth-order valence-corrected chi connectivity index (χ4v) is 4.94. The number of aromatic nitrogens is 3. The first-order valence-corrected chi connectivity index (χ1v) is 11.3. The van der Waals surface area contributed by atoms with E-state index in [1.165, 1.54) is 6.42 Å². The van der Waals surface area contributed by atoms with Crippen LogP contribution in [0.1, 0.15) is 68.3 Å². The summed E-state index contributed by atoms with van der Waals surface area (Å²) >= 11 is 6.09. The monoisotopic (exact) mass is 433 g/mol. The molecule has 3 heterocycles. The summed E-state index contributed by atoms with van der Waals surface area (Å²) in [5.41, 5.74) is 2.84. The van der Waals surface area contributed by atoms with Gasteiger partial charge in [-0.1, -0.05) is 25.9 Å². The number of hydrogen-bond donors (Lipinski definition) is 2. The van der Waals surface area contributed by atoms with Crippen molar-refractivity contribution in [2.24, 2.45) is 10.8 Å². The normalized spacial score (nSPS) is 23.9. The van der Waals surface area contributed by atoms with Crippen molar-refractivity contribution in [2.75, 3.05) is 19.6 Å². The number of H-pyrrole nitrogens is 1. The second-order valence-corrected chi connectivity index (χ2v) is 10.5. The maximum atomic E-state index is 13.4. The van der Waals surface area contributed by atoms with Crippen molar-refractivity contribution in [1.29, 1.82) is 0 Å². The van der Waals surface area contributed by atoms with Crippen molar-refractivity contribution in [2.45, 2.75) is 65.3 Å². The van der Waals surface area contributed by atoms with Crippen LogP contribution < -0.4 is 5.32 Å². The average Bonchev–Trinajstić information content (AvgIpc) is 3.36. The minimum Gasteiger partial charge on any atom is -0.361 e. The SMILES string of the molecule is Cc1cc(-c2n[nH]c(CCl)c2C(=O)N2CCC3(CC(NCCC(C)(C)C)C3)C2)no1. The molecule has 1 amide bonds. The van der Waals surface area contributed by atoms with Gasteiger partial charge >= 0.3 is 0 Å². The molecule has 1 aliphatic carbocycles. The molecule has 7 nitrogen and oxygen atoms in total. The van der Waals surface area contributed by atoms with Gasteiger partial charge in [0, 0.05) is 25.2 Å². The highest BCUT2D eigenvalue weighted by atomic mass is 35.5. The fourth-order valence-electron chi connectivity index (χ4n) is 4.75. The van der Waals surface area contributed by atoms with Crippen LogP contribution in [-0.2, 0) is 5.88 Å². The van der Waals surface area contributed by atoms with Crippen molar-refractivity contribution in [3.63, 3.8) is 0 Å². The molecule has 1 spiro atoms. The summed E-state index contributed by atoms with van der Waals surface area (Å²) in [7, 11) is 0. The Kier molecular flexibility index (Phi) is 5.70. The molecular formula is C22H32ClN5O2. The molecule has 2 aliphatic rings. The van der Waals surface area contributed by atoms with Crippen LogP contribution in [0.4, 0.5) is 0 Å². The lowest BCUT2D eigenvalue weighted by atomic mass is 9.65. The molecule has 2 fully saturated rings. The molecule has 0 aromatic carbocycles. The summed E-state index contributed by atoms with van der Waals surface area (Å²) in [4.78, 5) is 15.4. The Morgan fingerprint density at radius 3 is 2.83 bits per heavy atom. The topological polar surface area (TPSA) is 87.0 Å². The molecule has 0 atom stereocenters. The Morgan fingerprint density at radius 1 is 1.43 bits per heavy atom. The number of alkyl halides is 1. The zero-order chi connectivity index (χ0) is 21.5. The molecule has 2 aromatic rings. The summed E-state index contributed by atoms with van der Waals surface area (Å²) in [6, 6.07) is 2.36. The van der Waals surface area contributed by atoms with E-state index in [0.29, 0.717) is 39.9 Å². The fraction of sp³-hybridized carbons (Fsp3) is 0.682. The van der Waals surface area contributed by atoms with Crippen LogP contribution in [-0.4, -0.2) is 51.8 Å². The summed E-state index contributed by atoms with van der Waals surface area (Å²) in [5.74, 6) is 0.860. The molecule has 30 heavy (non-hydrogen) atoms. The lowest BCUT2D eigenvalue weighted by molar-refractivity contribution is 0.0654. The summed E-state index contributed by atoms with van der Waals surface area (Å²) in [6.45, 7) is 11.3. The highest BCUT2D eigenvalue weighted by molar-refractivity contribution is 6.18. The molecule has 164 valence electrons. The van der Waals surface area contributed by atoms with E-state index in [1.807, 2.05) is 11.8 Å². The first kappa shape index (κ1) is 21.4. The number of nitrogens with one attached hydrogen (secondary N) is 2. The molecule has 0 bridgehead atoms.